The number of ether oxygens (including phenoxy) is 1. The number of Topliss-reactive ketones (excluding diaryl/α,β-unsaturated/α-hetero) is 1. The fourth-order valence-corrected chi connectivity index (χ4v) is 5.00. The molecule has 1 aliphatic carbocycles. The van der Waals surface area contributed by atoms with Crippen molar-refractivity contribution in [2.24, 2.45) is 5.92 Å². The maximum absolute atomic E-state index is 13.1. The lowest BCUT2D eigenvalue weighted by Crippen LogP contribution is -2.41. The number of likely N-dealkylation sites (N-methyl/N-ethyl adjacent to an activating group) is 1. The Hall–Kier alpha value is -2.66. The largest absolute Gasteiger partial charge is 0.496 e. The normalized spacial score (nSPS) is 19.3. The van der Waals surface area contributed by atoms with Crippen molar-refractivity contribution < 1.29 is 14.3 Å². The molecule has 1 heterocycles. The number of methoxy groups -OCH3 is 1. The molecule has 1 unspecified atom stereocenters. The number of carbonyl (C=O) groups is 2. The molecule has 0 radical (unpaired) electrons. The number of likely N-dealkylation sites (tertiary alicyclic amines) is 1. The molecule has 5 heteroatoms. The Kier molecular flexibility index (Phi) is 6.71. The van der Waals surface area contributed by atoms with Crippen LogP contribution in [0.15, 0.2) is 48.5 Å². The molecule has 164 valence electrons. The van der Waals surface area contributed by atoms with Crippen molar-refractivity contribution >= 4 is 11.7 Å². The van der Waals surface area contributed by atoms with Crippen molar-refractivity contribution in [3.8, 4) is 5.75 Å². The molecule has 2 aromatic carbocycles. The van der Waals surface area contributed by atoms with Gasteiger partial charge < -0.3 is 14.5 Å². The van der Waals surface area contributed by atoms with Gasteiger partial charge in [0.1, 0.15) is 5.75 Å². The topological polar surface area (TPSA) is 49.9 Å². The van der Waals surface area contributed by atoms with Gasteiger partial charge in [-0.05, 0) is 55.5 Å². The van der Waals surface area contributed by atoms with Crippen molar-refractivity contribution in [2.45, 2.75) is 31.6 Å². The molecule has 1 fully saturated rings. The van der Waals surface area contributed by atoms with E-state index < -0.39 is 0 Å². The summed E-state index contributed by atoms with van der Waals surface area (Å²) in [6.07, 6.45) is 3.50. The minimum Gasteiger partial charge on any atom is -0.496 e. The second kappa shape index (κ2) is 9.65. The minimum absolute atomic E-state index is 0.0805. The summed E-state index contributed by atoms with van der Waals surface area (Å²) >= 11 is 0. The summed E-state index contributed by atoms with van der Waals surface area (Å²) in [7, 11) is 3.62. The quantitative estimate of drug-likeness (QED) is 0.684. The van der Waals surface area contributed by atoms with Crippen LogP contribution in [0.5, 0.6) is 5.75 Å². The van der Waals surface area contributed by atoms with Crippen LogP contribution >= 0.6 is 0 Å². The molecule has 0 aromatic heterocycles. The molecule has 0 bridgehead atoms. The molecule has 1 saturated heterocycles. The predicted molar refractivity (Wildman–Crippen MR) is 122 cm³/mol. The lowest BCUT2D eigenvalue weighted by Gasteiger charge is -2.34. The Balaban J connectivity index is 1.25. The number of rotatable bonds is 7. The van der Waals surface area contributed by atoms with Gasteiger partial charge in [0.2, 0.25) is 5.91 Å². The van der Waals surface area contributed by atoms with Crippen LogP contribution in [0.3, 0.4) is 0 Å². The molecule has 0 saturated carbocycles. The third-order valence-corrected chi connectivity index (χ3v) is 6.83. The lowest BCUT2D eigenvalue weighted by molar-refractivity contribution is -0.132. The number of fused-ring (bicyclic) bond motifs is 1. The maximum atomic E-state index is 13.1. The number of para-hydroxylation sites is 1. The Morgan fingerprint density at radius 2 is 1.81 bits per heavy atom. The lowest BCUT2D eigenvalue weighted by atomic mass is 9.94. The number of benzene rings is 2. The Morgan fingerprint density at radius 3 is 2.58 bits per heavy atom. The van der Waals surface area contributed by atoms with Crippen LogP contribution in [0.4, 0.5) is 0 Å². The van der Waals surface area contributed by atoms with Crippen LogP contribution in [0, 0.1) is 5.92 Å². The van der Waals surface area contributed by atoms with Crippen molar-refractivity contribution in [3.05, 3.63) is 65.2 Å². The number of nitrogens with zero attached hydrogens (tertiary/aromatic N) is 2. The smallest absolute Gasteiger partial charge is 0.230 e. The average Bonchev–Trinajstić information content (AvgIpc) is 3.15. The van der Waals surface area contributed by atoms with E-state index in [9.17, 15) is 9.59 Å². The summed E-state index contributed by atoms with van der Waals surface area (Å²) in [5.74, 6) is 1.34. The zero-order valence-corrected chi connectivity index (χ0v) is 18.5. The molecular formula is C26H32N2O3. The number of carbonyl (C=O) groups excluding carboxylic acids is 2. The molecule has 0 spiro atoms. The van der Waals surface area contributed by atoms with Gasteiger partial charge in [0, 0.05) is 32.1 Å². The van der Waals surface area contributed by atoms with E-state index in [1.54, 1.807) is 7.11 Å². The van der Waals surface area contributed by atoms with Gasteiger partial charge in [-0.2, -0.15) is 0 Å². The van der Waals surface area contributed by atoms with E-state index in [4.69, 9.17) is 4.74 Å². The van der Waals surface area contributed by atoms with Gasteiger partial charge in [0.25, 0.3) is 0 Å². The summed E-state index contributed by atoms with van der Waals surface area (Å²) in [4.78, 5) is 29.7. The van der Waals surface area contributed by atoms with Crippen molar-refractivity contribution in [2.75, 3.05) is 40.3 Å². The first-order chi connectivity index (χ1) is 15.1. The average molecular weight is 421 g/mol. The Morgan fingerprint density at radius 1 is 1.10 bits per heavy atom. The summed E-state index contributed by atoms with van der Waals surface area (Å²) in [6, 6.07) is 15.8. The fourth-order valence-electron chi connectivity index (χ4n) is 5.00. The van der Waals surface area contributed by atoms with Crippen molar-refractivity contribution in [1.29, 1.82) is 0 Å². The number of hydrogen-bond acceptors (Lipinski definition) is 4. The van der Waals surface area contributed by atoms with Gasteiger partial charge in [-0.15, -0.1) is 0 Å². The van der Waals surface area contributed by atoms with E-state index in [0.717, 1.165) is 62.3 Å². The van der Waals surface area contributed by atoms with E-state index in [1.165, 1.54) is 5.56 Å². The van der Waals surface area contributed by atoms with Crippen LogP contribution in [0.1, 0.15) is 46.7 Å². The molecule has 1 aliphatic heterocycles. The van der Waals surface area contributed by atoms with E-state index in [0.29, 0.717) is 12.3 Å². The van der Waals surface area contributed by atoms with E-state index in [2.05, 4.69) is 17.0 Å². The molecule has 31 heavy (non-hydrogen) atoms. The van der Waals surface area contributed by atoms with Gasteiger partial charge in [-0.1, -0.05) is 42.5 Å². The third kappa shape index (κ3) is 4.82. The van der Waals surface area contributed by atoms with Crippen LogP contribution in [-0.4, -0.2) is 61.8 Å². The minimum atomic E-state index is -0.311. The molecule has 2 aliphatic rings. The summed E-state index contributed by atoms with van der Waals surface area (Å²) in [5.41, 5.74) is 2.87. The number of ketones is 1. The Bertz CT molecular complexity index is 934. The maximum Gasteiger partial charge on any atom is 0.230 e. The highest BCUT2D eigenvalue weighted by molar-refractivity contribution is 6.06. The first kappa shape index (κ1) is 21.6. The molecule has 1 atom stereocenters. The van der Waals surface area contributed by atoms with Gasteiger partial charge in [-0.3, -0.25) is 9.59 Å². The van der Waals surface area contributed by atoms with Gasteiger partial charge in [-0.25, -0.2) is 0 Å². The first-order valence-corrected chi connectivity index (χ1v) is 11.3. The molecule has 0 N–H and O–H groups in total. The molecule has 1 amide bonds. The van der Waals surface area contributed by atoms with Gasteiger partial charge in [0.05, 0.1) is 13.0 Å². The Labute approximate surface area is 185 Å². The van der Waals surface area contributed by atoms with Gasteiger partial charge >= 0.3 is 0 Å². The number of hydrogen-bond donors (Lipinski definition) is 0. The van der Waals surface area contributed by atoms with Crippen molar-refractivity contribution in [3.63, 3.8) is 0 Å². The first-order valence-electron chi connectivity index (χ1n) is 11.3. The highest BCUT2D eigenvalue weighted by Gasteiger charge is 2.36. The second-order valence-corrected chi connectivity index (χ2v) is 8.83. The zero-order valence-electron chi connectivity index (χ0n) is 18.5. The highest BCUT2D eigenvalue weighted by Crippen LogP contribution is 2.34. The molecule has 2 aromatic rings. The van der Waals surface area contributed by atoms with E-state index in [1.807, 2.05) is 48.3 Å². The van der Waals surface area contributed by atoms with Gasteiger partial charge in [0.15, 0.2) is 5.78 Å². The van der Waals surface area contributed by atoms with Crippen LogP contribution < -0.4 is 4.74 Å². The zero-order chi connectivity index (χ0) is 21.8. The van der Waals surface area contributed by atoms with E-state index >= 15 is 0 Å². The molecule has 5 nitrogen and oxygen atoms in total. The predicted octanol–water partition coefficient (Wildman–Crippen LogP) is 3.78. The highest BCUT2D eigenvalue weighted by atomic mass is 16.5. The number of amides is 1. The SMILES string of the molecule is COc1ccccc1CCN1CCC(CN(C)C(=O)C2CC(=O)c3ccccc32)CC1. The third-order valence-electron chi connectivity index (χ3n) is 6.83. The second-order valence-electron chi connectivity index (χ2n) is 8.83. The summed E-state index contributed by atoms with van der Waals surface area (Å²) < 4.78 is 5.46. The monoisotopic (exact) mass is 420 g/mol. The van der Waals surface area contributed by atoms with Crippen LogP contribution in [-0.2, 0) is 11.2 Å². The standard InChI is InChI=1S/C26H32N2O3/c1-27(26(30)23-17-24(29)22-9-5-4-8-21(22)23)18-19-11-14-28(15-12-19)16-13-20-7-3-6-10-25(20)31-2/h3-10,19,23H,11-18H2,1-2H3. The van der Waals surface area contributed by atoms with Crippen LogP contribution in [0.2, 0.25) is 0 Å². The summed E-state index contributed by atoms with van der Waals surface area (Å²) in [6.45, 7) is 3.92. The van der Waals surface area contributed by atoms with Crippen molar-refractivity contribution in [1.82, 2.24) is 9.80 Å². The van der Waals surface area contributed by atoms with Crippen LogP contribution in [0.25, 0.3) is 0 Å². The van der Waals surface area contributed by atoms with E-state index in [-0.39, 0.29) is 17.6 Å². The fraction of sp³-hybridized carbons (Fsp3) is 0.462. The molecular weight excluding hydrogens is 388 g/mol. The summed E-state index contributed by atoms with van der Waals surface area (Å²) in [5, 5.41) is 0. The number of piperidine rings is 1. The molecule has 4 rings (SSSR count).